The zero-order valence-corrected chi connectivity index (χ0v) is 11.3. The summed E-state index contributed by atoms with van der Waals surface area (Å²) in [5.74, 6) is 0.0973. The van der Waals surface area contributed by atoms with E-state index in [9.17, 15) is 13.2 Å². The lowest BCUT2D eigenvalue weighted by Gasteiger charge is -2.18. The number of hydrogen-bond donors (Lipinski definition) is 0. The smallest absolute Gasteiger partial charge is 0.417 e. The topological polar surface area (TPSA) is 33.0 Å². The average Bonchev–Trinajstić information content (AvgIpc) is 2.27. The van der Waals surface area contributed by atoms with E-state index < -0.39 is 17.3 Å². The molecule has 0 bridgehead atoms. The van der Waals surface area contributed by atoms with Crippen molar-refractivity contribution in [3.05, 3.63) is 29.3 Å². The molecule has 0 radical (unpaired) electrons. The molecule has 6 heteroatoms. The Morgan fingerprint density at radius 2 is 1.94 bits per heavy atom. The number of halogens is 4. The highest BCUT2D eigenvalue weighted by Gasteiger charge is 2.34. The van der Waals surface area contributed by atoms with Crippen molar-refractivity contribution < 1.29 is 17.9 Å². The van der Waals surface area contributed by atoms with Gasteiger partial charge in [0.05, 0.1) is 17.2 Å². The van der Waals surface area contributed by atoms with Crippen LogP contribution >= 0.6 is 15.9 Å². The summed E-state index contributed by atoms with van der Waals surface area (Å²) in [6.45, 7) is 3.57. The van der Waals surface area contributed by atoms with Crippen LogP contribution in [0.15, 0.2) is 18.2 Å². The maximum atomic E-state index is 12.7. The Balaban J connectivity index is 3.09. The summed E-state index contributed by atoms with van der Waals surface area (Å²) in [6, 6.07) is 4.85. The molecule has 0 saturated carbocycles. The zero-order chi connectivity index (χ0) is 13.9. The molecule has 0 aliphatic rings. The van der Waals surface area contributed by atoms with Crippen molar-refractivity contribution in [2.75, 3.05) is 0 Å². The van der Waals surface area contributed by atoms with Crippen LogP contribution in [0.3, 0.4) is 0 Å². The lowest BCUT2D eigenvalue weighted by molar-refractivity contribution is -0.137. The molecule has 2 nitrogen and oxygen atoms in total. The largest absolute Gasteiger partial charge is 0.490 e. The van der Waals surface area contributed by atoms with Crippen LogP contribution in [0.25, 0.3) is 0 Å². The van der Waals surface area contributed by atoms with Gasteiger partial charge in [-0.2, -0.15) is 18.4 Å². The molecule has 2 atom stereocenters. The highest BCUT2D eigenvalue weighted by Crippen LogP contribution is 2.34. The van der Waals surface area contributed by atoms with Gasteiger partial charge in [0.25, 0.3) is 0 Å². The van der Waals surface area contributed by atoms with Crippen molar-refractivity contribution in [2.24, 2.45) is 0 Å². The number of nitriles is 1. The molecule has 1 aromatic rings. The molecule has 0 amide bonds. The quantitative estimate of drug-likeness (QED) is 0.784. The fraction of sp³-hybridized carbons (Fsp3) is 0.417. The summed E-state index contributed by atoms with van der Waals surface area (Å²) in [4.78, 5) is 0.00230. The van der Waals surface area contributed by atoms with Crippen molar-refractivity contribution >= 4 is 15.9 Å². The second-order valence-electron chi connectivity index (χ2n) is 3.82. The van der Waals surface area contributed by atoms with Gasteiger partial charge in [-0.05, 0) is 32.0 Å². The first-order chi connectivity index (χ1) is 8.25. The Kier molecular flexibility index (Phi) is 4.63. The van der Waals surface area contributed by atoms with Crippen LogP contribution in [0.2, 0.25) is 0 Å². The van der Waals surface area contributed by atoms with Gasteiger partial charge in [0.2, 0.25) is 0 Å². The molecule has 1 rings (SSSR count). The summed E-state index contributed by atoms with van der Waals surface area (Å²) in [5, 5.41) is 8.64. The number of benzene rings is 1. The molecule has 0 aliphatic heterocycles. The van der Waals surface area contributed by atoms with Crippen LogP contribution in [0.5, 0.6) is 5.75 Å². The fourth-order valence-corrected chi connectivity index (χ4v) is 1.35. The second kappa shape index (κ2) is 5.61. The van der Waals surface area contributed by atoms with Crippen LogP contribution in [-0.2, 0) is 6.18 Å². The Morgan fingerprint density at radius 1 is 1.33 bits per heavy atom. The second-order valence-corrected chi connectivity index (χ2v) is 5.26. The van der Waals surface area contributed by atoms with E-state index >= 15 is 0 Å². The Labute approximate surface area is 111 Å². The van der Waals surface area contributed by atoms with Crippen LogP contribution < -0.4 is 4.74 Å². The summed E-state index contributed by atoms with van der Waals surface area (Å²) >= 11 is 3.28. The molecule has 98 valence electrons. The van der Waals surface area contributed by atoms with Crippen molar-refractivity contribution in [3.8, 4) is 11.8 Å². The van der Waals surface area contributed by atoms with E-state index in [1.807, 2.05) is 6.92 Å². The molecule has 0 aliphatic carbocycles. The highest BCUT2D eigenvalue weighted by atomic mass is 79.9. The SMILES string of the molecule is CC(Br)[C@H](C)Oc1ccc(C#N)c(C(F)(F)F)c1. The summed E-state index contributed by atoms with van der Waals surface area (Å²) in [7, 11) is 0. The first-order valence-corrected chi connectivity index (χ1v) is 6.09. The minimum atomic E-state index is -4.56. The van der Waals surface area contributed by atoms with Gasteiger partial charge in [-0.25, -0.2) is 0 Å². The Hall–Kier alpha value is -1.22. The first kappa shape index (κ1) is 14.8. The summed E-state index contributed by atoms with van der Waals surface area (Å²) in [6.07, 6.45) is -4.84. The molecule has 18 heavy (non-hydrogen) atoms. The number of hydrogen-bond acceptors (Lipinski definition) is 2. The maximum Gasteiger partial charge on any atom is 0.417 e. The van der Waals surface area contributed by atoms with Crippen molar-refractivity contribution in [1.82, 2.24) is 0 Å². The molecular formula is C12H11BrF3NO. The standard InChI is InChI=1S/C12H11BrF3NO/c1-7(13)8(2)18-10-4-3-9(6-17)11(5-10)12(14,15)16/h3-5,7-8H,1-2H3/t7?,8-/m0/s1. The van der Waals surface area contributed by atoms with Crippen molar-refractivity contribution in [1.29, 1.82) is 5.26 Å². The predicted octanol–water partition coefficient (Wildman–Crippen LogP) is 4.13. The molecule has 0 heterocycles. The van der Waals surface area contributed by atoms with Gasteiger partial charge in [-0.15, -0.1) is 0 Å². The normalized spacial score (nSPS) is 14.7. The van der Waals surface area contributed by atoms with E-state index in [2.05, 4.69) is 15.9 Å². The van der Waals surface area contributed by atoms with Gasteiger partial charge in [0.15, 0.2) is 0 Å². The molecule has 0 aromatic heterocycles. The number of nitrogens with zero attached hydrogens (tertiary/aromatic N) is 1. The van der Waals surface area contributed by atoms with Gasteiger partial charge in [0.1, 0.15) is 11.9 Å². The van der Waals surface area contributed by atoms with Crippen molar-refractivity contribution in [3.63, 3.8) is 0 Å². The maximum absolute atomic E-state index is 12.7. The molecular weight excluding hydrogens is 311 g/mol. The van der Waals surface area contributed by atoms with Crippen LogP contribution in [-0.4, -0.2) is 10.9 Å². The van der Waals surface area contributed by atoms with Crippen LogP contribution in [0, 0.1) is 11.3 Å². The zero-order valence-electron chi connectivity index (χ0n) is 9.75. The minimum absolute atomic E-state index is 0.00230. The highest BCUT2D eigenvalue weighted by molar-refractivity contribution is 9.09. The third-order valence-electron chi connectivity index (χ3n) is 2.39. The Morgan fingerprint density at radius 3 is 2.39 bits per heavy atom. The lowest BCUT2D eigenvalue weighted by Crippen LogP contribution is -2.21. The molecule has 1 aromatic carbocycles. The Bertz CT molecular complexity index is 465. The third-order valence-corrected chi connectivity index (χ3v) is 3.13. The number of rotatable bonds is 3. The van der Waals surface area contributed by atoms with Gasteiger partial charge >= 0.3 is 6.18 Å². The first-order valence-electron chi connectivity index (χ1n) is 5.17. The molecule has 0 fully saturated rings. The van der Waals surface area contributed by atoms with Crippen LogP contribution in [0.1, 0.15) is 25.0 Å². The van der Waals surface area contributed by atoms with E-state index in [0.717, 1.165) is 12.1 Å². The molecule has 1 unspecified atom stereocenters. The lowest BCUT2D eigenvalue weighted by atomic mass is 10.1. The van der Waals surface area contributed by atoms with E-state index in [1.165, 1.54) is 12.1 Å². The van der Waals surface area contributed by atoms with E-state index in [1.54, 1.807) is 6.92 Å². The van der Waals surface area contributed by atoms with Gasteiger partial charge in [-0.1, -0.05) is 15.9 Å². The average molecular weight is 322 g/mol. The predicted molar refractivity (Wildman–Crippen MR) is 64.6 cm³/mol. The third kappa shape index (κ3) is 3.64. The monoisotopic (exact) mass is 321 g/mol. The van der Waals surface area contributed by atoms with E-state index in [0.29, 0.717) is 0 Å². The number of ether oxygens (including phenoxy) is 1. The summed E-state index contributed by atoms with van der Waals surface area (Å²) < 4.78 is 43.4. The number of alkyl halides is 4. The van der Waals surface area contributed by atoms with E-state index in [4.69, 9.17) is 10.00 Å². The molecule has 0 saturated heterocycles. The fourth-order valence-electron chi connectivity index (χ4n) is 1.24. The molecule has 0 spiro atoms. The van der Waals surface area contributed by atoms with E-state index in [-0.39, 0.29) is 16.7 Å². The van der Waals surface area contributed by atoms with Crippen LogP contribution in [0.4, 0.5) is 13.2 Å². The molecule has 0 N–H and O–H groups in total. The minimum Gasteiger partial charge on any atom is -0.490 e. The van der Waals surface area contributed by atoms with Gasteiger partial charge < -0.3 is 4.74 Å². The van der Waals surface area contributed by atoms with Crippen molar-refractivity contribution in [2.45, 2.75) is 31.0 Å². The van der Waals surface area contributed by atoms with Gasteiger partial charge in [-0.3, -0.25) is 0 Å². The van der Waals surface area contributed by atoms with Gasteiger partial charge in [0, 0.05) is 4.83 Å². The summed E-state index contributed by atoms with van der Waals surface area (Å²) in [5.41, 5.74) is -1.38.